The van der Waals surface area contributed by atoms with Crippen LogP contribution in [0.25, 0.3) is 10.9 Å². The van der Waals surface area contributed by atoms with Crippen molar-refractivity contribution in [1.82, 2.24) is 10.4 Å². The summed E-state index contributed by atoms with van der Waals surface area (Å²) < 4.78 is 0. The standard InChI is InChI=1S/C21H18N4O2/c1-11-17-10-22-25-21(27)16-7-13(8-18(23-11)19(16)17)24-20(26)15-9-14(15)12-5-3-2-4-6-12/h2-8,10,14-15,23H,9H2,1H3,(H,24,26)(H,25,27)/t14-,15+/m0/s1. The summed E-state index contributed by atoms with van der Waals surface area (Å²) in [6, 6.07) is 13.7. The van der Waals surface area contributed by atoms with Crippen LogP contribution in [0.1, 0.15) is 39.5 Å². The van der Waals surface area contributed by atoms with Crippen molar-refractivity contribution in [3.8, 4) is 0 Å². The maximum Gasteiger partial charge on any atom is 0.272 e. The van der Waals surface area contributed by atoms with Gasteiger partial charge in [-0.3, -0.25) is 9.59 Å². The molecule has 3 aromatic rings. The van der Waals surface area contributed by atoms with E-state index in [0.29, 0.717) is 11.3 Å². The Balaban J connectivity index is 1.44. The molecule has 1 aliphatic carbocycles. The van der Waals surface area contributed by atoms with Crippen LogP contribution in [0, 0.1) is 12.8 Å². The molecule has 1 aromatic heterocycles. The van der Waals surface area contributed by atoms with E-state index in [4.69, 9.17) is 0 Å². The van der Waals surface area contributed by atoms with E-state index in [2.05, 4.69) is 33.0 Å². The maximum absolute atomic E-state index is 12.7. The fourth-order valence-electron chi connectivity index (χ4n) is 3.90. The Hall–Kier alpha value is -3.41. The molecule has 2 aliphatic rings. The van der Waals surface area contributed by atoms with Gasteiger partial charge >= 0.3 is 0 Å². The summed E-state index contributed by atoms with van der Waals surface area (Å²) in [6.07, 6.45) is 2.50. The number of rotatable bonds is 3. The molecule has 2 aromatic carbocycles. The van der Waals surface area contributed by atoms with Crippen LogP contribution in [0.5, 0.6) is 0 Å². The normalized spacial score (nSPS) is 20.3. The van der Waals surface area contributed by atoms with Gasteiger partial charge in [-0.2, -0.15) is 5.10 Å². The van der Waals surface area contributed by atoms with Crippen molar-refractivity contribution in [2.45, 2.75) is 19.3 Å². The van der Waals surface area contributed by atoms with Crippen LogP contribution in [0.4, 0.5) is 5.69 Å². The molecule has 134 valence electrons. The summed E-state index contributed by atoms with van der Waals surface area (Å²) in [7, 11) is 0. The molecule has 1 aliphatic heterocycles. The highest BCUT2D eigenvalue weighted by molar-refractivity contribution is 6.16. The molecule has 0 bridgehead atoms. The smallest absolute Gasteiger partial charge is 0.272 e. The first-order chi connectivity index (χ1) is 13.1. The third-order valence-electron chi connectivity index (χ3n) is 5.36. The second kappa shape index (κ2) is 5.81. The lowest BCUT2D eigenvalue weighted by Gasteiger charge is -2.08. The fourth-order valence-corrected chi connectivity index (χ4v) is 3.90. The summed E-state index contributed by atoms with van der Waals surface area (Å²) in [5.41, 5.74) is 7.47. The highest BCUT2D eigenvalue weighted by Crippen LogP contribution is 2.48. The SMILES string of the molecule is Cc1[nH]c2cc(NC(=O)[C@@H]3C[C@H]3c3ccccc3)cc3c2c1C=NNC3=O. The molecule has 2 amide bonds. The zero-order chi connectivity index (χ0) is 18.5. The molecule has 6 heteroatoms. The molecule has 5 rings (SSSR count). The number of hydrogen-bond donors (Lipinski definition) is 3. The number of H-pyrrole nitrogens is 1. The summed E-state index contributed by atoms with van der Waals surface area (Å²) in [5.74, 6) is -0.0456. The molecule has 6 nitrogen and oxygen atoms in total. The van der Waals surface area contributed by atoms with Gasteiger partial charge in [0, 0.05) is 33.8 Å². The molecule has 2 atom stereocenters. The van der Waals surface area contributed by atoms with Crippen LogP contribution >= 0.6 is 0 Å². The van der Waals surface area contributed by atoms with Crippen LogP contribution in [0.15, 0.2) is 47.6 Å². The Morgan fingerprint density at radius 2 is 2.04 bits per heavy atom. The molecule has 2 heterocycles. The molecule has 1 fully saturated rings. The van der Waals surface area contributed by atoms with Crippen molar-refractivity contribution in [3.05, 3.63) is 64.8 Å². The topological polar surface area (TPSA) is 86.3 Å². The Morgan fingerprint density at radius 3 is 2.85 bits per heavy atom. The molecule has 0 spiro atoms. The lowest BCUT2D eigenvalue weighted by atomic mass is 10.0. The van der Waals surface area contributed by atoms with Gasteiger partial charge < -0.3 is 10.3 Å². The second-order valence-corrected chi connectivity index (χ2v) is 7.16. The lowest BCUT2D eigenvalue weighted by Crippen LogP contribution is -2.18. The van der Waals surface area contributed by atoms with E-state index in [0.717, 1.165) is 28.6 Å². The molecule has 1 saturated carbocycles. The number of aromatic amines is 1. The second-order valence-electron chi connectivity index (χ2n) is 7.16. The van der Waals surface area contributed by atoms with Gasteiger partial charge in [0.15, 0.2) is 0 Å². The van der Waals surface area contributed by atoms with Crippen molar-refractivity contribution >= 4 is 34.6 Å². The number of carbonyl (C=O) groups excluding carboxylic acids is 2. The van der Waals surface area contributed by atoms with Crippen molar-refractivity contribution in [2.75, 3.05) is 5.32 Å². The number of amides is 2. The van der Waals surface area contributed by atoms with Gasteiger partial charge in [0.05, 0.1) is 11.8 Å². The summed E-state index contributed by atoms with van der Waals surface area (Å²) >= 11 is 0. The van der Waals surface area contributed by atoms with Crippen molar-refractivity contribution < 1.29 is 9.59 Å². The molecule has 3 N–H and O–H groups in total. The minimum atomic E-state index is -0.279. The number of hydrogen-bond acceptors (Lipinski definition) is 3. The van der Waals surface area contributed by atoms with E-state index in [1.807, 2.05) is 31.2 Å². The zero-order valence-corrected chi connectivity index (χ0v) is 14.7. The van der Waals surface area contributed by atoms with Gasteiger partial charge in [-0.05, 0) is 37.0 Å². The van der Waals surface area contributed by atoms with Gasteiger partial charge in [-0.1, -0.05) is 30.3 Å². The summed E-state index contributed by atoms with van der Waals surface area (Å²) in [4.78, 5) is 28.3. The summed E-state index contributed by atoms with van der Waals surface area (Å²) in [5, 5.41) is 7.78. The highest BCUT2D eigenvalue weighted by atomic mass is 16.2. The van der Waals surface area contributed by atoms with Crippen molar-refractivity contribution in [3.63, 3.8) is 0 Å². The number of nitrogens with one attached hydrogen (secondary N) is 3. The van der Waals surface area contributed by atoms with Crippen LogP contribution in [-0.2, 0) is 4.79 Å². The third-order valence-corrected chi connectivity index (χ3v) is 5.36. The average molecular weight is 358 g/mol. The molecule has 27 heavy (non-hydrogen) atoms. The van der Waals surface area contributed by atoms with Gasteiger partial charge in [0.1, 0.15) is 0 Å². The van der Waals surface area contributed by atoms with Crippen LogP contribution < -0.4 is 10.7 Å². The van der Waals surface area contributed by atoms with E-state index >= 15 is 0 Å². The van der Waals surface area contributed by atoms with Crippen LogP contribution in [-0.4, -0.2) is 23.0 Å². The lowest BCUT2D eigenvalue weighted by molar-refractivity contribution is -0.117. The van der Waals surface area contributed by atoms with Crippen molar-refractivity contribution in [1.29, 1.82) is 0 Å². The minimum Gasteiger partial charge on any atom is -0.358 e. The van der Waals surface area contributed by atoms with E-state index in [1.54, 1.807) is 12.3 Å². The predicted octanol–water partition coefficient (Wildman–Crippen LogP) is 3.30. The number of carbonyl (C=O) groups is 2. The highest BCUT2D eigenvalue weighted by Gasteiger charge is 2.43. The molecule has 0 unspecified atom stereocenters. The van der Waals surface area contributed by atoms with Crippen molar-refractivity contribution in [2.24, 2.45) is 11.0 Å². The first kappa shape index (κ1) is 15.8. The number of anilines is 1. The number of aryl methyl sites for hydroxylation is 1. The number of benzene rings is 2. The largest absolute Gasteiger partial charge is 0.358 e. The molecule has 0 saturated heterocycles. The monoisotopic (exact) mass is 358 g/mol. The van der Waals surface area contributed by atoms with E-state index < -0.39 is 0 Å². The molecular formula is C21H18N4O2. The quantitative estimate of drug-likeness (QED) is 0.671. The van der Waals surface area contributed by atoms with Gasteiger partial charge in [0.2, 0.25) is 5.91 Å². The Kier molecular flexibility index (Phi) is 3.40. The Bertz CT molecular complexity index is 1110. The first-order valence-corrected chi connectivity index (χ1v) is 8.97. The number of nitrogens with zero attached hydrogens (tertiary/aromatic N) is 1. The van der Waals surface area contributed by atoms with Crippen LogP contribution in [0.3, 0.4) is 0 Å². The Morgan fingerprint density at radius 1 is 1.22 bits per heavy atom. The van der Waals surface area contributed by atoms with E-state index in [-0.39, 0.29) is 23.7 Å². The number of aromatic nitrogens is 1. The number of hydrazone groups is 1. The average Bonchev–Trinajstić information content (AvgIpc) is 3.42. The Labute approximate surface area is 155 Å². The van der Waals surface area contributed by atoms with Gasteiger partial charge in [0.25, 0.3) is 5.91 Å². The maximum atomic E-state index is 12.7. The molecular weight excluding hydrogens is 340 g/mol. The third kappa shape index (κ3) is 2.61. The van der Waals surface area contributed by atoms with Gasteiger partial charge in [-0.15, -0.1) is 0 Å². The zero-order valence-electron chi connectivity index (χ0n) is 14.7. The molecule has 0 radical (unpaired) electrons. The first-order valence-electron chi connectivity index (χ1n) is 8.97. The summed E-state index contributed by atoms with van der Waals surface area (Å²) in [6.45, 7) is 1.94. The van der Waals surface area contributed by atoms with E-state index in [9.17, 15) is 9.59 Å². The predicted molar refractivity (Wildman–Crippen MR) is 104 cm³/mol. The fraction of sp³-hybridized carbons (Fsp3) is 0.190. The van der Waals surface area contributed by atoms with Crippen LogP contribution in [0.2, 0.25) is 0 Å². The minimum absolute atomic E-state index is 0.0100. The van der Waals surface area contributed by atoms with Gasteiger partial charge in [-0.25, -0.2) is 5.43 Å². The van der Waals surface area contributed by atoms with E-state index in [1.165, 1.54) is 5.56 Å².